The van der Waals surface area contributed by atoms with Gasteiger partial charge in [0.05, 0.1) is 18.6 Å². The molecule has 1 aromatic rings. The molecule has 0 radical (unpaired) electrons. The first kappa shape index (κ1) is 17.5. The Morgan fingerprint density at radius 1 is 1.29 bits per heavy atom. The number of nitrogens with one attached hydrogen (secondary N) is 2. The van der Waals surface area contributed by atoms with Crippen LogP contribution in [0.3, 0.4) is 0 Å². The predicted octanol–water partition coefficient (Wildman–Crippen LogP) is 1.62. The second kappa shape index (κ2) is 8.00. The van der Waals surface area contributed by atoms with E-state index in [0.29, 0.717) is 5.02 Å². The highest BCUT2D eigenvalue weighted by atomic mass is 35.5. The SMILES string of the molecule is CC(NC(=O)CNC(=O)[C@@H](N)C(C)C)c1cccc(Cl)c1. The van der Waals surface area contributed by atoms with Crippen molar-refractivity contribution in [3.8, 4) is 0 Å². The number of hydrogen-bond donors (Lipinski definition) is 3. The van der Waals surface area contributed by atoms with Gasteiger partial charge in [-0.25, -0.2) is 0 Å². The van der Waals surface area contributed by atoms with E-state index in [0.717, 1.165) is 5.56 Å². The summed E-state index contributed by atoms with van der Waals surface area (Å²) in [4.78, 5) is 23.5. The lowest BCUT2D eigenvalue weighted by molar-refractivity contribution is -0.127. The maximum absolute atomic E-state index is 11.8. The highest BCUT2D eigenvalue weighted by Gasteiger charge is 2.18. The largest absolute Gasteiger partial charge is 0.348 e. The predicted molar refractivity (Wildman–Crippen MR) is 83.8 cm³/mol. The van der Waals surface area contributed by atoms with Crippen molar-refractivity contribution >= 4 is 23.4 Å². The van der Waals surface area contributed by atoms with E-state index in [1.165, 1.54) is 0 Å². The van der Waals surface area contributed by atoms with Crippen molar-refractivity contribution in [2.45, 2.75) is 32.9 Å². The van der Waals surface area contributed by atoms with Crippen LogP contribution in [0.2, 0.25) is 5.02 Å². The molecule has 21 heavy (non-hydrogen) atoms. The maximum Gasteiger partial charge on any atom is 0.239 e. The van der Waals surface area contributed by atoms with Crippen LogP contribution in [0, 0.1) is 5.92 Å². The summed E-state index contributed by atoms with van der Waals surface area (Å²) >= 11 is 5.91. The van der Waals surface area contributed by atoms with Gasteiger partial charge in [-0.15, -0.1) is 0 Å². The van der Waals surface area contributed by atoms with E-state index in [9.17, 15) is 9.59 Å². The topological polar surface area (TPSA) is 84.2 Å². The Hall–Kier alpha value is -1.59. The minimum atomic E-state index is -0.608. The van der Waals surface area contributed by atoms with Crippen LogP contribution in [-0.4, -0.2) is 24.4 Å². The van der Waals surface area contributed by atoms with Gasteiger partial charge in [-0.05, 0) is 30.5 Å². The molecule has 0 bridgehead atoms. The average molecular weight is 312 g/mol. The van der Waals surface area contributed by atoms with Crippen molar-refractivity contribution < 1.29 is 9.59 Å². The molecule has 0 spiro atoms. The third-order valence-electron chi connectivity index (χ3n) is 3.17. The molecule has 1 rings (SSSR count). The van der Waals surface area contributed by atoms with E-state index >= 15 is 0 Å². The molecular weight excluding hydrogens is 290 g/mol. The van der Waals surface area contributed by atoms with E-state index in [2.05, 4.69) is 10.6 Å². The molecule has 0 aliphatic rings. The van der Waals surface area contributed by atoms with Crippen LogP contribution in [0.25, 0.3) is 0 Å². The van der Waals surface area contributed by atoms with Gasteiger partial charge in [0.1, 0.15) is 0 Å². The zero-order chi connectivity index (χ0) is 16.0. The smallest absolute Gasteiger partial charge is 0.239 e. The highest BCUT2D eigenvalue weighted by molar-refractivity contribution is 6.30. The molecule has 5 nitrogen and oxygen atoms in total. The maximum atomic E-state index is 11.8. The minimum absolute atomic E-state index is 0.0263. The van der Waals surface area contributed by atoms with Crippen molar-refractivity contribution in [2.24, 2.45) is 11.7 Å². The lowest BCUT2D eigenvalue weighted by atomic mass is 10.1. The summed E-state index contributed by atoms with van der Waals surface area (Å²) < 4.78 is 0. The van der Waals surface area contributed by atoms with Crippen LogP contribution in [0.4, 0.5) is 0 Å². The molecule has 0 aromatic heterocycles. The minimum Gasteiger partial charge on any atom is -0.348 e. The Bertz CT molecular complexity index is 505. The molecule has 1 unspecified atom stereocenters. The number of amides is 2. The standard InChI is InChI=1S/C15H22ClN3O2/c1-9(2)14(17)15(21)18-8-13(20)19-10(3)11-5-4-6-12(16)7-11/h4-7,9-10,14H,8,17H2,1-3H3,(H,18,21)(H,19,20)/t10?,14-/m0/s1. The van der Waals surface area contributed by atoms with Crippen LogP contribution in [-0.2, 0) is 9.59 Å². The quantitative estimate of drug-likeness (QED) is 0.746. The van der Waals surface area contributed by atoms with E-state index in [1.54, 1.807) is 12.1 Å². The van der Waals surface area contributed by atoms with Gasteiger partial charge < -0.3 is 16.4 Å². The first-order valence-corrected chi connectivity index (χ1v) is 7.27. The first-order valence-electron chi connectivity index (χ1n) is 6.89. The fourth-order valence-corrected chi connectivity index (χ4v) is 1.94. The van der Waals surface area contributed by atoms with E-state index < -0.39 is 6.04 Å². The molecule has 116 valence electrons. The van der Waals surface area contributed by atoms with Crippen LogP contribution >= 0.6 is 11.6 Å². The Balaban J connectivity index is 2.45. The Kier molecular flexibility index (Phi) is 6.65. The molecule has 4 N–H and O–H groups in total. The lowest BCUT2D eigenvalue weighted by Gasteiger charge is -2.17. The lowest BCUT2D eigenvalue weighted by Crippen LogP contribution is -2.47. The number of halogens is 1. The summed E-state index contributed by atoms with van der Waals surface area (Å²) in [5.74, 6) is -0.569. The van der Waals surface area contributed by atoms with Crippen LogP contribution in [0.1, 0.15) is 32.4 Å². The van der Waals surface area contributed by atoms with Crippen LogP contribution in [0.15, 0.2) is 24.3 Å². The molecule has 0 aliphatic carbocycles. The van der Waals surface area contributed by atoms with Gasteiger partial charge in [-0.1, -0.05) is 37.6 Å². The number of nitrogens with two attached hydrogens (primary N) is 1. The van der Waals surface area contributed by atoms with Crippen molar-refractivity contribution in [2.75, 3.05) is 6.54 Å². The number of carbonyl (C=O) groups excluding carboxylic acids is 2. The zero-order valence-corrected chi connectivity index (χ0v) is 13.3. The van der Waals surface area contributed by atoms with Gasteiger partial charge >= 0.3 is 0 Å². The summed E-state index contributed by atoms with van der Waals surface area (Å²) in [6, 6.07) is 6.47. The van der Waals surface area contributed by atoms with E-state index in [4.69, 9.17) is 17.3 Å². The number of carbonyl (C=O) groups is 2. The molecule has 2 amide bonds. The fourth-order valence-electron chi connectivity index (χ4n) is 1.74. The zero-order valence-electron chi connectivity index (χ0n) is 12.5. The first-order chi connectivity index (χ1) is 9.81. The summed E-state index contributed by atoms with van der Waals surface area (Å²) in [5, 5.41) is 5.94. The van der Waals surface area contributed by atoms with Gasteiger partial charge in [0.2, 0.25) is 11.8 Å². The van der Waals surface area contributed by atoms with Gasteiger partial charge in [0, 0.05) is 5.02 Å². The summed E-state index contributed by atoms with van der Waals surface area (Å²) in [7, 11) is 0. The molecule has 0 heterocycles. The monoisotopic (exact) mass is 311 g/mol. The molecule has 6 heteroatoms. The van der Waals surface area contributed by atoms with Crippen molar-refractivity contribution in [3.63, 3.8) is 0 Å². The molecular formula is C15H22ClN3O2. The normalized spacial score (nSPS) is 13.6. The number of benzene rings is 1. The van der Waals surface area contributed by atoms with Gasteiger partial charge in [-0.3, -0.25) is 9.59 Å². The summed E-state index contributed by atoms with van der Waals surface area (Å²) in [6.07, 6.45) is 0. The molecule has 0 aliphatic heterocycles. The van der Waals surface area contributed by atoms with Gasteiger partial charge in [0.15, 0.2) is 0 Å². The van der Waals surface area contributed by atoms with Crippen molar-refractivity contribution in [1.82, 2.24) is 10.6 Å². The van der Waals surface area contributed by atoms with Crippen molar-refractivity contribution in [3.05, 3.63) is 34.9 Å². The molecule has 0 saturated heterocycles. The Morgan fingerprint density at radius 3 is 2.52 bits per heavy atom. The Labute approximate surface area is 130 Å². The number of rotatable bonds is 6. The fraction of sp³-hybridized carbons (Fsp3) is 0.467. The third-order valence-corrected chi connectivity index (χ3v) is 3.41. The summed E-state index contributed by atoms with van der Waals surface area (Å²) in [5.41, 5.74) is 6.60. The van der Waals surface area contributed by atoms with Crippen LogP contribution in [0.5, 0.6) is 0 Å². The van der Waals surface area contributed by atoms with Gasteiger partial charge in [-0.2, -0.15) is 0 Å². The molecule has 1 aromatic carbocycles. The number of hydrogen-bond acceptors (Lipinski definition) is 3. The summed E-state index contributed by atoms with van der Waals surface area (Å²) in [6.45, 7) is 5.46. The van der Waals surface area contributed by atoms with Crippen molar-refractivity contribution in [1.29, 1.82) is 0 Å². The average Bonchev–Trinajstić information content (AvgIpc) is 2.43. The van der Waals surface area contributed by atoms with E-state index in [-0.39, 0.29) is 30.3 Å². The van der Waals surface area contributed by atoms with Crippen LogP contribution < -0.4 is 16.4 Å². The highest BCUT2D eigenvalue weighted by Crippen LogP contribution is 2.16. The molecule has 0 saturated carbocycles. The van der Waals surface area contributed by atoms with E-state index in [1.807, 2.05) is 32.9 Å². The second-order valence-corrected chi connectivity index (χ2v) is 5.77. The molecule has 2 atom stereocenters. The van der Waals surface area contributed by atoms with Gasteiger partial charge in [0.25, 0.3) is 0 Å². The Morgan fingerprint density at radius 2 is 1.95 bits per heavy atom. The third kappa shape index (κ3) is 5.73. The second-order valence-electron chi connectivity index (χ2n) is 5.33. The molecule has 0 fully saturated rings.